The number of esters is 1. The minimum atomic E-state index is -0.853. The summed E-state index contributed by atoms with van der Waals surface area (Å²) >= 11 is 14.0. The number of carbonyl (C=O) groups excluding carboxylic acids is 3. The van der Waals surface area contributed by atoms with Crippen molar-refractivity contribution in [1.29, 1.82) is 0 Å². The molecule has 86 heavy (non-hydrogen) atoms. The van der Waals surface area contributed by atoms with Crippen molar-refractivity contribution in [2.75, 3.05) is 93.4 Å². The summed E-state index contributed by atoms with van der Waals surface area (Å²) in [5.74, 6) is -0.725. The van der Waals surface area contributed by atoms with Crippen LogP contribution in [0.5, 0.6) is 0 Å². The van der Waals surface area contributed by atoms with Crippen LogP contribution < -0.4 is 55.7 Å². The number of nitrogens with zero attached hydrogens (tertiary/aromatic N) is 3. The first-order valence-electron chi connectivity index (χ1n) is 30.2. The van der Waals surface area contributed by atoms with Gasteiger partial charge in [-0.15, -0.1) is 0 Å². The molecule has 13 rings (SSSR count). The largest absolute Gasteiger partial charge is 1.00 e. The Morgan fingerprint density at radius 2 is 0.919 bits per heavy atom. The molecule has 6 aromatic rings. The van der Waals surface area contributed by atoms with Gasteiger partial charge < -0.3 is 51.3 Å². The first-order valence-corrected chi connectivity index (χ1v) is 32.1. The number of aryl methyl sites for hydroxylation is 4. The fourth-order valence-corrected chi connectivity index (χ4v) is 12.5. The van der Waals surface area contributed by atoms with Gasteiger partial charge in [0.25, 0.3) is 11.8 Å². The summed E-state index contributed by atoms with van der Waals surface area (Å²) in [6.45, 7) is 10.2. The number of halogens is 3. The number of amides is 2. The number of anilines is 5. The van der Waals surface area contributed by atoms with Gasteiger partial charge in [0.2, 0.25) is 0 Å². The number of nitrogens with one attached hydrogen (secondary N) is 4. The zero-order valence-corrected chi connectivity index (χ0v) is 55.7. The number of benzene rings is 6. The van der Waals surface area contributed by atoms with E-state index in [-0.39, 0.29) is 52.8 Å². The summed E-state index contributed by atoms with van der Waals surface area (Å²) in [6.07, 6.45) is 19.8. The molecule has 6 aromatic carbocycles. The van der Waals surface area contributed by atoms with Crippen molar-refractivity contribution in [3.8, 4) is 0 Å². The molecule has 14 nitrogen and oxygen atoms in total. The Balaban J connectivity index is 0.000000173. The first-order chi connectivity index (χ1) is 40.9. The van der Waals surface area contributed by atoms with Crippen molar-refractivity contribution in [2.24, 2.45) is 0 Å². The monoisotopic (exact) mass is 1330 g/mol. The number of rotatable bonds is 5. The van der Waals surface area contributed by atoms with Crippen LogP contribution in [0.2, 0.25) is 10.0 Å². The number of aromatic carboxylic acids is 1. The van der Waals surface area contributed by atoms with E-state index in [1.807, 2.05) is 82.6 Å². The molecule has 0 unspecified atom stereocenters. The maximum absolute atomic E-state index is 12.8. The molecule has 0 bridgehead atoms. The van der Waals surface area contributed by atoms with Crippen LogP contribution in [0.4, 0.5) is 28.4 Å². The van der Waals surface area contributed by atoms with Gasteiger partial charge in [0.15, 0.2) is 0 Å². The van der Waals surface area contributed by atoms with Gasteiger partial charge in [0.1, 0.15) is 0 Å². The Morgan fingerprint density at radius 1 is 0.477 bits per heavy atom. The van der Waals surface area contributed by atoms with E-state index in [4.69, 9.17) is 28.3 Å². The topological polar surface area (TPSA) is 186 Å². The molecule has 0 atom stereocenters. The number of carboxylic acids is 1. The van der Waals surface area contributed by atoms with Gasteiger partial charge in [-0.3, -0.25) is 9.59 Å². The molecule has 7 heterocycles. The predicted octanol–water partition coefficient (Wildman–Crippen LogP) is 11.8. The summed E-state index contributed by atoms with van der Waals surface area (Å²) in [5.41, 5.74) is 13.3. The summed E-state index contributed by atoms with van der Waals surface area (Å²) in [4.78, 5) is 53.4. The standard InChI is InChI=1S/C21H23ClN2O.C15H20N2O.C11H13NO2.C10H11NO2.C6H4ClI.C5H11N.Na.H2O/c22-18-7-4-8-19(15-18)24-13-5-6-16-14-17(9-10-20(16)24)21(25)23-11-2-1-3-12-23;18-15(17-9-2-1-3-10-17)13-6-7-14-12(11-13)5-4-8-16-14;1-14-11(13)9-4-5-10-8(7-9)3-2-6-12-10;12-10(13)8-3-4-9-7(6-8)2-1-5-11-9;7-5-2-1-3-6(8)4-5;1-2-4-6-5-3-1;;/h4,7-10,14-15H,1-3,5-6,11-13H2;6-7,11,16H,1-5,8-10H2;4-5,7,12H,2-3,6H2,1H3;3-4,6,11H,1-2,5H2,(H,12,13);1-4H;6H,1-5H2;;1H2/q;;;;;;+1;/p-1. The minimum absolute atomic E-state index is 0. The number of likely N-dealkylation sites (tertiary alicyclic amines) is 2. The second-order valence-corrected chi connectivity index (χ2v) is 24.2. The molecule has 3 fully saturated rings. The van der Waals surface area contributed by atoms with Crippen molar-refractivity contribution in [3.05, 3.63) is 179 Å². The third kappa shape index (κ3) is 21.2. The van der Waals surface area contributed by atoms with Gasteiger partial charge in [-0.25, -0.2) is 9.59 Å². The molecule has 2 amide bonds. The van der Waals surface area contributed by atoms with Gasteiger partial charge in [0, 0.05) is 106 Å². The zero-order valence-electron chi connectivity index (χ0n) is 50.1. The fourth-order valence-electron chi connectivity index (χ4n) is 11.4. The Hall–Kier alpha value is -5.37. The number of ether oxygens (including phenoxy) is 1. The zero-order chi connectivity index (χ0) is 59.0. The van der Waals surface area contributed by atoms with Crippen molar-refractivity contribution in [1.82, 2.24) is 15.1 Å². The van der Waals surface area contributed by atoms with E-state index in [2.05, 4.69) is 83.8 Å². The van der Waals surface area contributed by atoms with Gasteiger partial charge in [-0.2, -0.15) is 0 Å². The molecule has 0 aliphatic carbocycles. The van der Waals surface area contributed by atoms with Crippen LogP contribution in [-0.4, -0.2) is 117 Å². The molecule has 0 saturated carbocycles. The SMILES string of the molecule is C1CCNCC1.COC(=O)c1ccc2c(c1)CCCN2.Clc1cccc(I)c1.O=C(O)c1ccc2c(c1)CCCN2.O=C(c1ccc2c(c1)CCCN2)N1CCCCC1.O=C(c1ccc2c(c1)CCCN2c1cccc(Cl)c1)N1CCCCC1.[Na+].[OH-]. The van der Waals surface area contributed by atoms with Crippen molar-refractivity contribution >= 4 is 98.0 Å². The number of hydrogen-bond acceptors (Lipinski definition) is 11. The Bertz CT molecular complexity index is 3130. The Labute approximate surface area is 554 Å². The van der Waals surface area contributed by atoms with Gasteiger partial charge in [-0.05, 0) is 270 Å². The smallest absolute Gasteiger partial charge is 0.870 e. The van der Waals surface area contributed by atoms with E-state index in [1.54, 1.807) is 18.2 Å². The maximum Gasteiger partial charge on any atom is 1.00 e. The van der Waals surface area contributed by atoms with Crippen LogP contribution in [0, 0.1) is 3.57 Å². The molecule has 7 aliphatic heterocycles. The van der Waals surface area contributed by atoms with E-state index >= 15 is 0 Å². The van der Waals surface area contributed by atoms with Gasteiger partial charge in [-0.1, -0.05) is 41.8 Å². The Kier molecular flexibility index (Phi) is 29.9. The molecule has 0 spiro atoms. The first kappa shape index (κ1) is 69.7. The normalized spacial score (nSPS) is 16.0. The molecule has 18 heteroatoms. The molecule has 6 N–H and O–H groups in total. The Morgan fingerprint density at radius 3 is 1.37 bits per heavy atom. The summed E-state index contributed by atoms with van der Waals surface area (Å²) in [7, 11) is 1.40. The number of fused-ring (bicyclic) bond motifs is 4. The van der Waals surface area contributed by atoms with Crippen LogP contribution in [0.1, 0.15) is 147 Å². The number of carboxylic acid groups (broad SMARTS) is 1. The van der Waals surface area contributed by atoms with E-state index in [0.717, 1.165) is 173 Å². The quantitative estimate of drug-likeness (QED) is 0.0626. The summed E-state index contributed by atoms with van der Waals surface area (Å²) < 4.78 is 5.84. The number of methoxy groups -OCH3 is 1. The maximum atomic E-state index is 12.8. The van der Waals surface area contributed by atoms with Crippen LogP contribution in [0.3, 0.4) is 0 Å². The van der Waals surface area contributed by atoms with E-state index < -0.39 is 5.97 Å². The third-order valence-corrected chi connectivity index (χ3v) is 17.0. The number of carbonyl (C=O) groups is 4. The summed E-state index contributed by atoms with van der Waals surface area (Å²) in [6, 6.07) is 38.9. The minimum Gasteiger partial charge on any atom is -0.870 e. The van der Waals surface area contributed by atoms with E-state index in [0.29, 0.717) is 11.1 Å². The average molecular weight is 1330 g/mol. The fraction of sp³-hybridized carbons (Fsp3) is 0.412. The van der Waals surface area contributed by atoms with E-state index in [9.17, 15) is 19.2 Å². The molecule has 7 aliphatic rings. The van der Waals surface area contributed by atoms with Crippen LogP contribution in [0.25, 0.3) is 0 Å². The molecule has 0 aromatic heterocycles. The van der Waals surface area contributed by atoms with Crippen molar-refractivity contribution in [2.45, 2.75) is 109 Å². The van der Waals surface area contributed by atoms with Crippen molar-refractivity contribution < 1.29 is 64.1 Å². The molecular formula is C68H83Cl2IN7NaO7. The van der Waals surface area contributed by atoms with Crippen LogP contribution >= 0.6 is 45.8 Å². The van der Waals surface area contributed by atoms with Crippen LogP contribution in [-0.2, 0) is 30.4 Å². The van der Waals surface area contributed by atoms with E-state index in [1.165, 1.54) is 83.9 Å². The number of hydrogen-bond donors (Lipinski definition) is 5. The van der Waals surface area contributed by atoms with Gasteiger partial charge >= 0.3 is 41.5 Å². The van der Waals surface area contributed by atoms with Gasteiger partial charge in [0.05, 0.1) is 18.2 Å². The van der Waals surface area contributed by atoms with Crippen LogP contribution in [0.15, 0.2) is 121 Å². The average Bonchev–Trinajstić information content (AvgIpc) is 3.58. The third-order valence-electron chi connectivity index (χ3n) is 15.9. The number of piperidine rings is 3. The molecule has 0 radical (unpaired) electrons. The molecule has 3 saturated heterocycles. The second kappa shape index (κ2) is 36.8. The van der Waals surface area contributed by atoms with Crippen molar-refractivity contribution in [3.63, 3.8) is 0 Å². The molecular weight excluding hydrogens is 1250 g/mol. The summed E-state index contributed by atoms with van der Waals surface area (Å²) in [5, 5.41) is 23.5. The second-order valence-electron chi connectivity index (χ2n) is 22.0. The predicted molar refractivity (Wildman–Crippen MR) is 354 cm³/mol. The molecule has 454 valence electrons.